The summed E-state index contributed by atoms with van der Waals surface area (Å²) in [5.74, 6) is 2.15. The summed E-state index contributed by atoms with van der Waals surface area (Å²) in [5.41, 5.74) is 5.11. The van der Waals surface area contributed by atoms with Crippen molar-refractivity contribution in [3.8, 4) is 11.3 Å². The molecule has 1 N–H and O–H groups in total. The highest BCUT2D eigenvalue weighted by Gasteiger charge is 2.21. The third kappa shape index (κ3) is 3.38. The van der Waals surface area contributed by atoms with Crippen molar-refractivity contribution < 1.29 is 4.74 Å². The predicted octanol–water partition coefficient (Wildman–Crippen LogP) is 2.83. The van der Waals surface area contributed by atoms with E-state index in [0.29, 0.717) is 0 Å². The molecule has 3 aliphatic rings. The number of rotatable bonds is 6. The maximum absolute atomic E-state index is 5.54. The van der Waals surface area contributed by atoms with Crippen molar-refractivity contribution in [2.75, 3.05) is 37.7 Å². The Morgan fingerprint density at radius 2 is 2.04 bits per heavy atom. The number of fused-ring (bicyclic) bond motifs is 1. The predicted molar refractivity (Wildman–Crippen MR) is 103 cm³/mol. The largest absolute Gasteiger partial charge is 0.378 e. The van der Waals surface area contributed by atoms with Crippen LogP contribution in [0.25, 0.3) is 11.3 Å². The molecule has 1 aliphatic carbocycles. The maximum Gasteiger partial charge on any atom is 0.109 e. The lowest BCUT2D eigenvalue weighted by atomic mass is 10.0. The average Bonchev–Trinajstić information content (AvgIpc) is 3.24. The van der Waals surface area contributed by atoms with E-state index >= 15 is 0 Å². The van der Waals surface area contributed by atoms with E-state index < -0.39 is 0 Å². The van der Waals surface area contributed by atoms with Gasteiger partial charge in [0.05, 0.1) is 18.9 Å². The van der Waals surface area contributed by atoms with Gasteiger partial charge in [0, 0.05) is 50.0 Å². The smallest absolute Gasteiger partial charge is 0.109 e. The summed E-state index contributed by atoms with van der Waals surface area (Å²) < 4.78 is 7.86. The molecule has 5 heteroatoms. The van der Waals surface area contributed by atoms with Gasteiger partial charge in [-0.15, -0.1) is 0 Å². The molecule has 0 amide bonds. The minimum atomic E-state index is 0.824. The highest BCUT2D eigenvalue weighted by atomic mass is 16.5. The molecule has 0 atom stereocenters. The van der Waals surface area contributed by atoms with Crippen LogP contribution >= 0.6 is 0 Å². The van der Waals surface area contributed by atoms with Crippen molar-refractivity contribution in [2.24, 2.45) is 5.92 Å². The van der Waals surface area contributed by atoms with Crippen LogP contribution in [0.15, 0.2) is 24.4 Å². The van der Waals surface area contributed by atoms with Gasteiger partial charge in [-0.05, 0) is 49.4 Å². The molecule has 0 radical (unpaired) electrons. The van der Waals surface area contributed by atoms with Gasteiger partial charge in [0.2, 0.25) is 0 Å². The Morgan fingerprint density at radius 3 is 2.85 bits per heavy atom. The number of morpholine rings is 1. The quantitative estimate of drug-likeness (QED) is 0.868. The second-order valence-corrected chi connectivity index (χ2v) is 7.86. The molecule has 2 aliphatic heterocycles. The molecule has 1 saturated heterocycles. The van der Waals surface area contributed by atoms with E-state index in [-0.39, 0.29) is 0 Å². The normalized spacial score (nSPS) is 19.8. The number of nitrogens with one attached hydrogen (secondary N) is 1. The second kappa shape index (κ2) is 7.05. The van der Waals surface area contributed by atoms with Crippen LogP contribution < -0.4 is 10.2 Å². The van der Waals surface area contributed by atoms with Crippen LogP contribution in [0.5, 0.6) is 0 Å². The minimum absolute atomic E-state index is 0.824. The standard InChI is InChI=1S/C21H28N4O/c1-2-21-23-19(15-25(21)7-1)17-5-6-20(24-8-10-26-11-9-24)18(12-17)14-22-13-16-3-4-16/h5-6,12,15-16,22H,1-4,7-11,13-14H2. The van der Waals surface area contributed by atoms with E-state index in [1.807, 2.05) is 0 Å². The topological polar surface area (TPSA) is 42.3 Å². The molecular weight excluding hydrogens is 324 g/mol. The van der Waals surface area contributed by atoms with Crippen LogP contribution in [-0.2, 0) is 24.2 Å². The lowest BCUT2D eigenvalue weighted by Crippen LogP contribution is -2.37. The fourth-order valence-electron chi connectivity index (χ4n) is 4.13. The van der Waals surface area contributed by atoms with Crippen molar-refractivity contribution in [1.82, 2.24) is 14.9 Å². The number of aryl methyl sites for hydroxylation is 2. The van der Waals surface area contributed by atoms with Gasteiger partial charge in [0.25, 0.3) is 0 Å². The summed E-state index contributed by atoms with van der Waals surface area (Å²) in [4.78, 5) is 7.34. The van der Waals surface area contributed by atoms with Gasteiger partial charge in [-0.1, -0.05) is 6.07 Å². The number of imidazole rings is 1. The highest BCUT2D eigenvalue weighted by Crippen LogP contribution is 2.30. The van der Waals surface area contributed by atoms with Gasteiger partial charge in [-0.2, -0.15) is 0 Å². The Kier molecular flexibility index (Phi) is 4.43. The summed E-state index contributed by atoms with van der Waals surface area (Å²) in [6.45, 7) is 6.80. The molecule has 26 heavy (non-hydrogen) atoms. The van der Waals surface area contributed by atoms with E-state index in [9.17, 15) is 0 Å². The molecule has 1 saturated carbocycles. The summed E-state index contributed by atoms with van der Waals surface area (Å²) >= 11 is 0. The average molecular weight is 352 g/mol. The molecular formula is C21H28N4O. The first kappa shape index (κ1) is 16.3. The zero-order valence-corrected chi connectivity index (χ0v) is 15.4. The number of benzene rings is 1. The van der Waals surface area contributed by atoms with E-state index in [0.717, 1.165) is 64.0 Å². The number of hydrogen-bond acceptors (Lipinski definition) is 4. The van der Waals surface area contributed by atoms with Crippen molar-refractivity contribution in [2.45, 2.75) is 38.8 Å². The number of ether oxygens (including phenoxy) is 1. The van der Waals surface area contributed by atoms with Crippen LogP contribution in [0.3, 0.4) is 0 Å². The van der Waals surface area contributed by atoms with E-state index in [1.54, 1.807) is 0 Å². The maximum atomic E-state index is 5.54. The first-order valence-electron chi connectivity index (χ1n) is 10.1. The Labute approximate surface area is 155 Å². The molecule has 2 aromatic rings. The van der Waals surface area contributed by atoms with E-state index in [1.165, 1.54) is 41.9 Å². The Morgan fingerprint density at radius 1 is 1.15 bits per heavy atom. The molecule has 5 rings (SSSR count). The fourth-order valence-corrected chi connectivity index (χ4v) is 4.13. The molecule has 1 aromatic heterocycles. The first-order valence-corrected chi connectivity index (χ1v) is 10.1. The van der Waals surface area contributed by atoms with Crippen molar-refractivity contribution in [3.63, 3.8) is 0 Å². The van der Waals surface area contributed by atoms with Crippen molar-refractivity contribution in [3.05, 3.63) is 35.8 Å². The second-order valence-electron chi connectivity index (χ2n) is 7.86. The summed E-state index contributed by atoms with van der Waals surface area (Å²) in [6, 6.07) is 6.88. The molecule has 5 nitrogen and oxygen atoms in total. The first-order chi connectivity index (χ1) is 12.9. The van der Waals surface area contributed by atoms with Gasteiger partial charge >= 0.3 is 0 Å². The van der Waals surface area contributed by atoms with Gasteiger partial charge in [-0.3, -0.25) is 0 Å². The number of aromatic nitrogens is 2. The SMILES string of the molecule is c1cc(N2CCOCC2)c(CNCC2CC2)cc1-c1cn2c(n1)CCC2. The third-order valence-electron chi connectivity index (χ3n) is 5.83. The molecule has 3 heterocycles. The van der Waals surface area contributed by atoms with Gasteiger partial charge in [0.15, 0.2) is 0 Å². The number of nitrogens with zero attached hydrogens (tertiary/aromatic N) is 3. The van der Waals surface area contributed by atoms with Gasteiger partial charge in [-0.25, -0.2) is 4.98 Å². The van der Waals surface area contributed by atoms with Crippen LogP contribution in [-0.4, -0.2) is 42.4 Å². The van der Waals surface area contributed by atoms with Crippen LogP contribution in [0.2, 0.25) is 0 Å². The van der Waals surface area contributed by atoms with Crippen LogP contribution in [0.1, 0.15) is 30.7 Å². The molecule has 0 unspecified atom stereocenters. The number of anilines is 1. The lowest BCUT2D eigenvalue weighted by Gasteiger charge is -2.31. The summed E-state index contributed by atoms with van der Waals surface area (Å²) in [5, 5.41) is 3.68. The zero-order valence-electron chi connectivity index (χ0n) is 15.4. The Bertz CT molecular complexity index is 753. The Hall–Kier alpha value is -1.85. The fraction of sp³-hybridized carbons (Fsp3) is 0.571. The molecule has 0 bridgehead atoms. The third-order valence-corrected chi connectivity index (χ3v) is 5.83. The molecule has 138 valence electrons. The lowest BCUT2D eigenvalue weighted by molar-refractivity contribution is 0.122. The summed E-state index contributed by atoms with van der Waals surface area (Å²) in [7, 11) is 0. The number of hydrogen-bond donors (Lipinski definition) is 1. The van der Waals surface area contributed by atoms with Crippen LogP contribution in [0, 0.1) is 5.92 Å². The molecule has 0 spiro atoms. The molecule has 2 fully saturated rings. The van der Waals surface area contributed by atoms with Gasteiger partial charge in [0.1, 0.15) is 5.82 Å². The van der Waals surface area contributed by atoms with Crippen molar-refractivity contribution >= 4 is 5.69 Å². The van der Waals surface area contributed by atoms with E-state index in [4.69, 9.17) is 9.72 Å². The molecule has 1 aromatic carbocycles. The minimum Gasteiger partial charge on any atom is -0.378 e. The van der Waals surface area contributed by atoms with Crippen LogP contribution in [0.4, 0.5) is 5.69 Å². The van der Waals surface area contributed by atoms with E-state index in [2.05, 4.69) is 39.2 Å². The highest BCUT2D eigenvalue weighted by molar-refractivity contribution is 5.67. The Balaban J connectivity index is 1.41. The zero-order chi connectivity index (χ0) is 17.3. The van der Waals surface area contributed by atoms with Gasteiger partial charge < -0.3 is 19.5 Å². The van der Waals surface area contributed by atoms with Crippen molar-refractivity contribution in [1.29, 1.82) is 0 Å². The monoisotopic (exact) mass is 352 g/mol. The summed E-state index contributed by atoms with van der Waals surface area (Å²) in [6.07, 6.45) is 7.36.